The number of nitrogens with zero attached hydrogens (tertiary/aromatic N) is 3. The summed E-state index contributed by atoms with van der Waals surface area (Å²) in [6.45, 7) is 7.60. The zero-order chi connectivity index (χ0) is 22.3. The molecule has 0 bridgehead atoms. The Morgan fingerprint density at radius 3 is 2.47 bits per heavy atom. The first-order valence-corrected chi connectivity index (χ1v) is 11.4. The van der Waals surface area contributed by atoms with Crippen LogP contribution in [0.3, 0.4) is 0 Å². The fraction of sp³-hybridized carbons (Fsp3) is 0.440. The van der Waals surface area contributed by atoms with Crippen LogP contribution in [0.15, 0.2) is 48.5 Å². The summed E-state index contributed by atoms with van der Waals surface area (Å²) in [4.78, 5) is 31.6. The quantitative estimate of drug-likeness (QED) is 0.752. The van der Waals surface area contributed by atoms with Crippen molar-refractivity contribution in [3.8, 4) is 5.75 Å². The number of fused-ring (bicyclic) bond motifs is 1. The number of hydrogen-bond donors (Lipinski definition) is 1. The second kappa shape index (κ2) is 10.6. The van der Waals surface area contributed by atoms with E-state index in [9.17, 15) is 9.59 Å². The van der Waals surface area contributed by atoms with Gasteiger partial charge in [-0.05, 0) is 24.1 Å². The minimum absolute atomic E-state index is 0.00564. The van der Waals surface area contributed by atoms with Crippen LogP contribution in [0, 0.1) is 0 Å². The molecule has 0 atom stereocenters. The zero-order valence-corrected chi connectivity index (χ0v) is 18.8. The molecule has 4 rings (SSSR count). The second-order valence-electron chi connectivity index (χ2n) is 8.38. The molecule has 2 aliphatic heterocycles. The molecule has 32 heavy (non-hydrogen) atoms. The van der Waals surface area contributed by atoms with Crippen LogP contribution in [-0.4, -0.2) is 78.9 Å². The smallest absolute Gasteiger partial charge is 0.238 e. The lowest BCUT2D eigenvalue weighted by Gasteiger charge is -2.35. The van der Waals surface area contributed by atoms with Crippen molar-refractivity contribution in [3.63, 3.8) is 0 Å². The van der Waals surface area contributed by atoms with Crippen molar-refractivity contribution >= 4 is 17.5 Å². The molecule has 0 spiro atoms. The van der Waals surface area contributed by atoms with Crippen LogP contribution in [0.2, 0.25) is 0 Å². The van der Waals surface area contributed by atoms with Gasteiger partial charge in [-0.2, -0.15) is 0 Å². The number of piperazine rings is 1. The standard InChI is InChI=1S/C25H32N4O3/c1-2-20-7-3-5-9-22(20)26-24(30)18-27-11-13-29(14-12-27)25(31)19-28-15-16-32-23-10-6-4-8-21(23)17-28/h3-10H,2,11-19H2,1H3,(H,26,30). The molecule has 1 saturated heterocycles. The molecule has 0 unspecified atom stereocenters. The summed E-state index contributed by atoms with van der Waals surface area (Å²) in [5.41, 5.74) is 3.15. The van der Waals surface area contributed by atoms with Gasteiger partial charge in [-0.15, -0.1) is 0 Å². The normalized spacial score (nSPS) is 17.2. The number of anilines is 1. The summed E-state index contributed by atoms with van der Waals surface area (Å²) in [5.74, 6) is 1.05. The molecule has 170 valence electrons. The first-order valence-electron chi connectivity index (χ1n) is 11.4. The molecule has 2 aromatic carbocycles. The summed E-state index contributed by atoms with van der Waals surface area (Å²) in [6, 6.07) is 15.9. The maximum absolute atomic E-state index is 12.9. The number of benzene rings is 2. The molecule has 0 aromatic heterocycles. The Morgan fingerprint density at radius 2 is 1.66 bits per heavy atom. The molecule has 0 aliphatic carbocycles. The topological polar surface area (TPSA) is 65.1 Å². The molecule has 0 saturated carbocycles. The fourth-order valence-electron chi connectivity index (χ4n) is 4.30. The molecule has 7 nitrogen and oxygen atoms in total. The van der Waals surface area contributed by atoms with E-state index in [2.05, 4.69) is 28.1 Å². The highest BCUT2D eigenvalue weighted by atomic mass is 16.5. The largest absolute Gasteiger partial charge is 0.492 e. The van der Waals surface area contributed by atoms with E-state index in [1.165, 1.54) is 0 Å². The van der Waals surface area contributed by atoms with Gasteiger partial charge in [-0.3, -0.25) is 19.4 Å². The maximum Gasteiger partial charge on any atom is 0.238 e. The Kier molecular flexibility index (Phi) is 7.39. The zero-order valence-electron chi connectivity index (χ0n) is 18.8. The number of hydrogen-bond acceptors (Lipinski definition) is 5. The van der Waals surface area contributed by atoms with E-state index in [4.69, 9.17) is 4.74 Å². The maximum atomic E-state index is 12.9. The minimum atomic E-state index is -0.00564. The average molecular weight is 437 g/mol. The van der Waals surface area contributed by atoms with E-state index in [1.54, 1.807) is 0 Å². The molecule has 2 heterocycles. The SMILES string of the molecule is CCc1ccccc1NC(=O)CN1CCN(C(=O)CN2CCOc3ccccc3C2)CC1. The van der Waals surface area contributed by atoms with E-state index in [1.807, 2.05) is 47.4 Å². The van der Waals surface area contributed by atoms with Gasteiger partial charge < -0.3 is 15.0 Å². The lowest BCUT2D eigenvalue weighted by molar-refractivity contribution is -0.134. The van der Waals surface area contributed by atoms with Crippen LogP contribution >= 0.6 is 0 Å². The predicted molar refractivity (Wildman–Crippen MR) is 125 cm³/mol. The number of nitrogens with one attached hydrogen (secondary N) is 1. The van der Waals surface area contributed by atoms with E-state index in [0.29, 0.717) is 45.9 Å². The van der Waals surface area contributed by atoms with Crippen molar-refractivity contribution in [3.05, 3.63) is 59.7 Å². The number of aryl methyl sites for hydroxylation is 1. The van der Waals surface area contributed by atoms with Crippen LogP contribution in [0.1, 0.15) is 18.1 Å². The van der Waals surface area contributed by atoms with E-state index >= 15 is 0 Å². The van der Waals surface area contributed by atoms with Gasteiger partial charge in [0.1, 0.15) is 12.4 Å². The third kappa shape index (κ3) is 5.66. The Labute approximate surface area is 189 Å². The van der Waals surface area contributed by atoms with Crippen LogP contribution in [0.25, 0.3) is 0 Å². The van der Waals surface area contributed by atoms with Gasteiger partial charge in [-0.1, -0.05) is 43.3 Å². The molecular weight excluding hydrogens is 404 g/mol. The highest BCUT2D eigenvalue weighted by Gasteiger charge is 2.25. The molecule has 2 aromatic rings. The number of carbonyl (C=O) groups excluding carboxylic acids is 2. The molecular formula is C25H32N4O3. The summed E-state index contributed by atoms with van der Waals surface area (Å²) >= 11 is 0. The van der Waals surface area contributed by atoms with Crippen molar-refractivity contribution in [2.75, 3.05) is 57.7 Å². The summed E-state index contributed by atoms with van der Waals surface area (Å²) < 4.78 is 5.80. The highest BCUT2D eigenvalue weighted by Crippen LogP contribution is 2.22. The number of rotatable bonds is 6. The lowest BCUT2D eigenvalue weighted by atomic mass is 10.1. The fourth-order valence-corrected chi connectivity index (χ4v) is 4.30. The van der Waals surface area contributed by atoms with Crippen molar-refractivity contribution in [1.29, 1.82) is 0 Å². The number of carbonyl (C=O) groups is 2. The van der Waals surface area contributed by atoms with E-state index < -0.39 is 0 Å². The summed E-state index contributed by atoms with van der Waals surface area (Å²) in [7, 11) is 0. The first-order chi connectivity index (χ1) is 15.6. The van der Waals surface area contributed by atoms with E-state index in [-0.39, 0.29) is 11.8 Å². The van der Waals surface area contributed by atoms with Crippen molar-refractivity contribution in [1.82, 2.24) is 14.7 Å². The molecule has 0 radical (unpaired) electrons. The average Bonchev–Trinajstić information content (AvgIpc) is 3.01. The molecule has 1 fully saturated rings. The Bertz CT molecular complexity index is 940. The Hall–Kier alpha value is -2.90. The molecule has 7 heteroatoms. The monoisotopic (exact) mass is 436 g/mol. The van der Waals surface area contributed by atoms with Gasteiger partial charge in [-0.25, -0.2) is 0 Å². The molecule has 2 aliphatic rings. The van der Waals surface area contributed by atoms with Gasteiger partial charge in [0.2, 0.25) is 11.8 Å². The van der Waals surface area contributed by atoms with Gasteiger partial charge in [0.05, 0.1) is 13.1 Å². The minimum Gasteiger partial charge on any atom is -0.492 e. The van der Waals surface area contributed by atoms with Crippen LogP contribution in [0.5, 0.6) is 5.75 Å². The summed E-state index contributed by atoms with van der Waals surface area (Å²) in [6.07, 6.45) is 0.881. The van der Waals surface area contributed by atoms with Gasteiger partial charge in [0.15, 0.2) is 0 Å². The number of para-hydroxylation sites is 2. The van der Waals surface area contributed by atoms with Crippen molar-refractivity contribution in [2.24, 2.45) is 0 Å². The second-order valence-corrected chi connectivity index (χ2v) is 8.38. The van der Waals surface area contributed by atoms with E-state index in [0.717, 1.165) is 42.1 Å². The summed E-state index contributed by atoms with van der Waals surface area (Å²) in [5, 5.41) is 3.03. The Morgan fingerprint density at radius 1 is 0.906 bits per heavy atom. The molecule has 1 N–H and O–H groups in total. The molecule has 2 amide bonds. The first kappa shape index (κ1) is 22.3. The number of ether oxygens (including phenoxy) is 1. The highest BCUT2D eigenvalue weighted by molar-refractivity contribution is 5.93. The van der Waals surface area contributed by atoms with Gasteiger partial charge in [0, 0.05) is 50.5 Å². The van der Waals surface area contributed by atoms with Gasteiger partial charge >= 0.3 is 0 Å². The third-order valence-electron chi connectivity index (χ3n) is 6.16. The van der Waals surface area contributed by atoms with Crippen molar-refractivity contribution < 1.29 is 14.3 Å². The third-order valence-corrected chi connectivity index (χ3v) is 6.16. The predicted octanol–water partition coefficient (Wildman–Crippen LogP) is 2.23. The van der Waals surface area contributed by atoms with Crippen LogP contribution in [0.4, 0.5) is 5.69 Å². The van der Waals surface area contributed by atoms with Gasteiger partial charge in [0.25, 0.3) is 0 Å². The van der Waals surface area contributed by atoms with Crippen LogP contribution < -0.4 is 10.1 Å². The Balaban J connectivity index is 1.23. The lowest BCUT2D eigenvalue weighted by Crippen LogP contribution is -2.52. The van der Waals surface area contributed by atoms with Crippen molar-refractivity contribution in [2.45, 2.75) is 19.9 Å². The van der Waals surface area contributed by atoms with Crippen LogP contribution in [-0.2, 0) is 22.6 Å². The number of amides is 2.